The Kier molecular flexibility index (Phi) is 7.11. The highest BCUT2D eigenvalue weighted by molar-refractivity contribution is 6.29. The Hall–Kier alpha value is -8.25. The van der Waals surface area contributed by atoms with Crippen molar-refractivity contribution >= 4 is 86.4 Å². The summed E-state index contributed by atoms with van der Waals surface area (Å²) in [5, 5.41) is 27.0. The molecule has 0 aliphatic carbocycles. The Balaban J connectivity index is 1.14. The lowest BCUT2D eigenvalue weighted by atomic mass is 9.82. The zero-order chi connectivity index (χ0) is 40.2. The van der Waals surface area contributed by atoms with Crippen LogP contribution in [0, 0.1) is 11.3 Å². The Morgan fingerprint density at radius 2 is 0.852 bits per heavy atom. The van der Waals surface area contributed by atoms with Gasteiger partial charge in [-0.2, -0.15) is 5.26 Å². The fourth-order valence-corrected chi connectivity index (χ4v) is 10.5. The zero-order valence-electron chi connectivity index (χ0n) is 33.0. The molecule has 2 heteroatoms. The summed E-state index contributed by atoms with van der Waals surface area (Å²) in [6.45, 7) is 0. The van der Waals surface area contributed by atoms with Crippen LogP contribution >= 0.6 is 0 Å². The van der Waals surface area contributed by atoms with E-state index in [0.29, 0.717) is 5.56 Å². The molecule has 0 fully saturated rings. The molecular formula is C59H34N2. The summed E-state index contributed by atoms with van der Waals surface area (Å²) in [4.78, 5) is 0. The third-order valence-electron chi connectivity index (χ3n) is 13.2. The monoisotopic (exact) mass is 770 g/mol. The van der Waals surface area contributed by atoms with E-state index in [4.69, 9.17) is 0 Å². The van der Waals surface area contributed by atoms with Crippen LogP contribution in [0.25, 0.3) is 126 Å². The number of nitrogens with zero attached hydrogens (tertiary/aromatic N) is 2. The number of hydrogen-bond acceptors (Lipinski definition) is 1. The molecule has 1 aromatic heterocycles. The SMILES string of the molecule is N#Cc1ccc2c3c1ccc1c(-c4ccc5c(-c6cccc7ccccc67)c6ccccc6c(-c6cccc7ccccc67)c5c4)ccc(c13)n2-c1ccc2ccccc2c1. The van der Waals surface area contributed by atoms with Crippen LogP contribution in [-0.4, -0.2) is 4.57 Å². The van der Waals surface area contributed by atoms with E-state index in [0.717, 1.165) is 33.1 Å². The van der Waals surface area contributed by atoms with Gasteiger partial charge in [0.15, 0.2) is 0 Å². The van der Waals surface area contributed by atoms with E-state index in [1.165, 1.54) is 92.5 Å². The van der Waals surface area contributed by atoms with Crippen molar-refractivity contribution in [3.8, 4) is 45.1 Å². The number of rotatable bonds is 4. The van der Waals surface area contributed by atoms with Crippen molar-refractivity contribution in [3.05, 3.63) is 212 Å². The van der Waals surface area contributed by atoms with Crippen molar-refractivity contribution in [2.24, 2.45) is 0 Å². The fraction of sp³-hybridized carbons (Fsp3) is 0. The quantitative estimate of drug-likeness (QED) is 0.129. The molecule has 0 radical (unpaired) electrons. The topological polar surface area (TPSA) is 28.7 Å². The fourth-order valence-electron chi connectivity index (χ4n) is 10.5. The molecule has 2 nitrogen and oxygen atoms in total. The Morgan fingerprint density at radius 1 is 0.328 bits per heavy atom. The maximum Gasteiger partial charge on any atom is 0.0998 e. The molecule has 13 aromatic rings. The molecule has 0 aliphatic heterocycles. The van der Waals surface area contributed by atoms with Gasteiger partial charge in [0.1, 0.15) is 0 Å². The normalized spacial score (nSPS) is 11.9. The van der Waals surface area contributed by atoms with Crippen LogP contribution in [0.4, 0.5) is 0 Å². The van der Waals surface area contributed by atoms with Crippen LogP contribution in [0.5, 0.6) is 0 Å². The molecule has 280 valence electrons. The van der Waals surface area contributed by atoms with Gasteiger partial charge in [-0.3, -0.25) is 0 Å². The largest absolute Gasteiger partial charge is 0.309 e. The molecule has 0 saturated carbocycles. The Bertz CT molecular complexity index is 4000. The van der Waals surface area contributed by atoms with Crippen molar-refractivity contribution in [1.82, 2.24) is 4.57 Å². The van der Waals surface area contributed by atoms with Gasteiger partial charge in [0.2, 0.25) is 0 Å². The molecule has 61 heavy (non-hydrogen) atoms. The third kappa shape index (κ3) is 4.84. The maximum atomic E-state index is 10.3. The van der Waals surface area contributed by atoms with Gasteiger partial charge in [0.05, 0.1) is 22.7 Å². The standard InChI is InChI=1S/C59H34N2/c60-35-41-25-31-54-58-46(41)28-29-51-45(30-32-55(59(51)58)61(54)42-26-23-36-11-1-2-14-39(36)33-42)40-24-27-52-53(34-40)57(48-22-10-16-38-13-4-6-18-44(38)48)50-20-8-7-19-49(50)56(52)47-21-9-15-37-12-3-5-17-43(37)47/h1-34H. The molecular weight excluding hydrogens is 737 g/mol. The summed E-state index contributed by atoms with van der Waals surface area (Å²) in [7, 11) is 0. The number of nitriles is 1. The second kappa shape index (κ2) is 12.9. The summed E-state index contributed by atoms with van der Waals surface area (Å²) in [6, 6.07) is 77.8. The van der Waals surface area contributed by atoms with Crippen LogP contribution in [0.15, 0.2) is 206 Å². The number of aromatic nitrogens is 1. The predicted molar refractivity (Wildman–Crippen MR) is 258 cm³/mol. The van der Waals surface area contributed by atoms with Crippen LogP contribution < -0.4 is 0 Å². The van der Waals surface area contributed by atoms with Gasteiger partial charge in [-0.05, 0) is 129 Å². The molecule has 0 N–H and O–H groups in total. The van der Waals surface area contributed by atoms with Crippen molar-refractivity contribution in [3.63, 3.8) is 0 Å². The summed E-state index contributed by atoms with van der Waals surface area (Å²) in [5.41, 5.74) is 11.3. The van der Waals surface area contributed by atoms with Gasteiger partial charge in [0.25, 0.3) is 0 Å². The highest BCUT2D eigenvalue weighted by Gasteiger charge is 2.23. The van der Waals surface area contributed by atoms with Crippen LogP contribution in [0.2, 0.25) is 0 Å². The second-order valence-corrected chi connectivity index (χ2v) is 16.3. The summed E-state index contributed by atoms with van der Waals surface area (Å²) >= 11 is 0. The summed E-state index contributed by atoms with van der Waals surface area (Å²) < 4.78 is 2.38. The minimum atomic E-state index is 0.690. The van der Waals surface area contributed by atoms with Gasteiger partial charge < -0.3 is 4.57 Å². The van der Waals surface area contributed by atoms with Crippen molar-refractivity contribution in [2.75, 3.05) is 0 Å². The molecule has 0 atom stereocenters. The smallest absolute Gasteiger partial charge is 0.0998 e. The van der Waals surface area contributed by atoms with E-state index in [1.807, 2.05) is 6.07 Å². The van der Waals surface area contributed by atoms with E-state index in [1.54, 1.807) is 0 Å². The van der Waals surface area contributed by atoms with Gasteiger partial charge >= 0.3 is 0 Å². The minimum Gasteiger partial charge on any atom is -0.309 e. The zero-order valence-corrected chi connectivity index (χ0v) is 33.0. The van der Waals surface area contributed by atoms with Gasteiger partial charge in [-0.15, -0.1) is 0 Å². The molecule has 0 spiro atoms. The van der Waals surface area contributed by atoms with E-state index >= 15 is 0 Å². The lowest BCUT2D eigenvalue weighted by Gasteiger charge is -2.21. The number of fused-ring (bicyclic) bond motifs is 5. The molecule has 0 saturated heterocycles. The lowest BCUT2D eigenvalue weighted by molar-refractivity contribution is 1.19. The van der Waals surface area contributed by atoms with Crippen molar-refractivity contribution in [1.29, 1.82) is 5.26 Å². The van der Waals surface area contributed by atoms with Crippen LogP contribution in [0.3, 0.4) is 0 Å². The number of hydrogen-bond donors (Lipinski definition) is 0. The molecule has 0 bridgehead atoms. The first-order valence-corrected chi connectivity index (χ1v) is 20.9. The lowest BCUT2D eigenvalue weighted by Crippen LogP contribution is -1.94. The van der Waals surface area contributed by atoms with E-state index in [9.17, 15) is 5.26 Å². The second-order valence-electron chi connectivity index (χ2n) is 16.3. The minimum absolute atomic E-state index is 0.690. The first kappa shape index (κ1) is 33.7. The highest BCUT2D eigenvalue weighted by atomic mass is 15.0. The van der Waals surface area contributed by atoms with E-state index in [2.05, 4.69) is 211 Å². The average molecular weight is 771 g/mol. The van der Waals surface area contributed by atoms with Crippen LogP contribution in [-0.2, 0) is 0 Å². The summed E-state index contributed by atoms with van der Waals surface area (Å²) in [5.74, 6) is 0. The maximum absolute atomic E-state index is 10.3. The summed E-state index contributed by atoms with van der Waals surface area (Å²) in [6.07, 6.45) is 0. The molecule has 1 heterocycles. The Morgan fingerprint density at radius 3 is 1.54 bits per heavy atom. The van der Waals surface area contributed by atoms with E-state index in [-0.39, 0.29) is 0 Å². The average Bonchev–Trinajstić information content (AvgIpc) is 3.67. The van der Waals surface area contributed by atoms with Crippen LogP contribution in [0.1, 0.15) is 5.56 Å². The molecule has 13 rings (SSSR count). The van der Waals surface area contributed by atoms with E-state index < -0.39 is 0 Å². The van der Waals surface area contributed by atoms with Gasteiger partial charge in [0, 0.05) is 21.8 Å². The van der Waals surface area contributed by atoms with Crippen molar-refractivity contribution in [2.45, 2.75) is 0 Å². The van der Waals surface area contributed by atoms with Crippen molar-refractivity contribution < 1.29 is 0 Å². The number of benzene rings is 12. The molecule has 0 unspecified atom stereocenters. The van der Waals surface area contributed by atoms with Gasteiger partial charge in [-0.1, -0.05) is 170 Å². The third-order valence-corrected chi connectivity index (χ3v) is 13.2. The molecule has 0 amide bonds. The first-order valence-electron chi connectivity index (χ1n) is 20.9. The van der Waals surface area contributed by atoms with Gasteiger partial charge in [-0.25, -0.2) is 0 Å². The molecule has 0 aliphatic rings. The highest BCUT2D eigenvalue weighted by Crippen LogP contribution is 2.49. The Labute approximate surface area is 351 Å². The first-order chi connectivity index (χ1) is 30.2. The molecule has 12 aromatic carbocycles. The predicted octanol–water partition coefficient (Wildman–Crippen LogP) is 16.0.